The van der Waals surface area contributed by atoms with Gasteiger partial charge in [-0.1, -0.05) is 44.2 Å². The Hall–Kier alpha value is -4.41. The number of anilines is 1. The molecule has 1 aromatic heterocycles. The monoisotopic (exact) mass is 588 g/mol. The maximum Gasteiger partial charge on any atom is 0.254 e. The lowest BCUT2D eigenvalue weighted by Crippen LogP contribution is -2.54. The number of ether oxygens (including phenoxy) is 1. The lowest BCUT2D eigenvalue weighted by Gasteiger charge is -2.43. The van der Waals surface area contributed by atoms with Gasteiger partial charge in [-0.2, -0.15) is 10.4 Å². The van der Waals surface area contributed by atoms with Gasteiger partial charge in [0, 0.05) is 51.2 Å². The van der Waals surface area contributed by atoms with Gasteiger partial charge >= 0.3 is 0 Å². The van der Waals surface area contributed by atoms with Gasteiger partial charge in [-0.3, -0.25) is 19.2 Å². The number of nitrogens with one attached hydrogen (secondary N) is 1. The Bertz CT molecular complexity index is 1400. The molecule has 2 amide bonds. The number of carbonyl (C=O) groups excluding carboxylic acids is 2. The van der Waals surface area contributed by atoms with Crippen molar-refractivity contribution in [3.63, 3.8) is 0 Å². The number of aromatic nitrogens is 2. The molecule has 0 saturated carbocycles. The molecular formula is C29H35F3N6O4. The van der Waals surface area contributed by atoms with Gasteiger partial charge in [0.05, 0.1) is 12.5 Å². The number of rotatable bonds is 8. The van der Waals surface area contributed by atoms with Crippen LogP contribution in [0.3, 0.4) is 0 Å². The third-order valence-electron chi connectivity index (χ3n) is 6.63. The Kier molecular flexibility index (Phi) is 12.5. The molecule has 42 heavy (non-hydrogen) atoms. The largest absolute Gasteiger partial charge is 0.504 e. The van der Waals surface area contributed by atoms with Crippen molar-refractivity contribution in [2.45, 2.75) is 44.9 Å². The van der Waals surface area contributed by atoms with E-state index in [0.29, 0.717) is 5.56 Å². The molecule has 226 valence electrons. The number of benzene rings is 2. The van der Waals surface area contributed by atoms with Crippen molar-refractivity contribution in [2.24, 2.45) is 5.73 Å². The van der Waals surface area contributed by atoms with Crippen LogP contribution in [0.4, 0.5) is 19.0 Å². The number of phenols is 1. The number of alkyl halides is 1. The number of halogens is 3. The van der Waals surface area contributed by atoms with Crippen molar-refractivity contribution < 1.29 is 32.6 Å². The fourth-order valence-electron chi connectivity index (χ4n) is 4.61. The van der Waals surface area contributed by atoms with E-state index in [-0.39, 0.29) is 55.8 Å². The number of primary amides is 1. The topological polar surface area (TPSA) is 146 Å². The Balaban J connectivity index is 0.00000116. The van der Waals surface area contributed by atoms with E-state index in [2.05, 4.69) is 15.2 Å². The third-order valence-corrected chi connectivity index (χ3v) is 6.63. The van der Waals surface area contributed by atoms with Crippen molar-refractivity contribution >= 4 is 18.1 Å². The van der Waals surface area contributed by atoms with Gasteiger partial charge in [-0.15, -0.1) is 0 Å². The summed E-state index contributed by atoms with van der Waals surface area (Å²) in [5, 5.41) is 26.1. The summed E-state index contributed by atoms with van der Waals surface area (Å²) < 4.78 is 51.1. The summed E-state index contributed by atoms with van der Waals surface area (Å²) in [6.45, 7) is 3.47. The molecule has 0 radical (unpaired) electrons. The highest BCUT2D eigenvalue weighted by molar-refractivity contribution is 5.99. The van der Waals surface area contributed by atoms with Crippen LogP contribution in [0.15, 0.2) is 42.6 Å². The van der Waals surface area contributed by atoms with Crippen molar-refractivity contribution in [1.29, 1.82) is 5.26 Å². The van der Waals surface area contributed by atoms with Gasteiger partial charge in [-0.25, -0.2) is 13.2 Å². The zero-order chi connectivity index (χ0) is 31.4. The molecule has 3 aromatic rings. The van der Waals surface area contributed by atoms with Gasteiger partial charge in [0.2, 0.25) is 6.41 Å². The van der Waals surface area contributed by atoms with Gasteiger partial charge in [-0.05, 0) is 18.1 Å². The summed E-state index contributed by atoms with van der Waals surface area (Å²) in [5.41, 5.74) is 3.69. The zero-order valence-corrected chi connectivity index (χ0v) is 23.9. The van der Waals surface area contributed by atoms with Crippen LogP contribution < -0.4 is 11.1 Å². The first-order valence-corrected chi connectivity index (χ1v) is 13.1. The molecule has 1 aliphatic heterocycles. The van der Waals surface area contributed by atoms with Crippen molar-refractivity contribution in [2.75, 3.05) is 32.6 Å². The van der Waals surface area contributed by atoms with E-state index in [1.165, 1.54) is 11.1 Å². The molecule has 1 saturated heterocycles. The van der Waals surface area contributed by atoms with Crippen LogP contribution in [0.5, 0.6) is 5.75 Å². The standard InChI is InChI=1S/C25H23F3N6O3.C2H6O.C2H6/c26-19-10-16(15-4-2-1-3-5-15)22(36)21(28)17(19)11-33-9-7-25(6-8-29,20(27)13-33)34-12-18(23(30)37)24(32-34)31-14-35;1-3-2;1-2/h1-5,10,12,14,20,36H,6-7,9,11,13H2,(H2,30,37)(H,31,32,35);1-2H3;1-2H3. The number of phenolic OH excluding ortho intramolecular Hbond substituents is 1. The van der Waals surface area contributed by atoms with Crippen LogP contribution in [-0.2, 0) is 21.6 Å². The molecule has 1 aliphatic rings. The molecule has 2 atom stereocenters. The molecule has 2 aromatic carbocycles. The maximum absolute atomic E-state index is 15.7. The second kappa shape index (κ2) is 15.6. The third kappa shape index (κ3) is 7.26. The molecule has 4 N–H and O–H groups in total. The quantitative estimate of drug-likeness (QED) is 0.332. The predicted octanol–water partition coefficient (Wildman–Crippen LogP) is 4.34. The number of amides is 2. The van der Waals surface area contributed by atoms with E-state index < -0.39 is 40.6 Å². The van der Waals surface area contributed by atoms with Gasteiger partial charge in [0.15, 0.2) is 17.4 Å². The first-order valence-electron chi connectivity index (χ1n) is 13.1. The van der Waals surface area contributed by atoms with Gasteiger partial charge in [0.1, 0.15) is 23.1 Å². The van der Waals surface area contributed by atoms with Crippen LogP contribution >= 0.6 is 0 Å². The van der Waals surface area contributed by atoms with Crippen LogP contribution in [-0.4, -0.2) is 65.6 Å². The van der Waals surface area contributed by atoms with E-state index >= 15 is 8.78 Å². The van der Waals surface area contributed by atoms with Gasteiger partial charge in [0.25, 0.3) is 5.91 Å². The average molecular weight is 589 g/mol. The molecule has 0 bridgehead atoms. The lowest BCUT2D eigenvalue weighted by atomic mass is 9.83. The van der Waals surface area contributed by atoms with Crippen LogP contribution in [0.1, 0.15) is 42.6 Å². The fourth-order valence-corrected chi connectivity index (χ4v) is 4.61. The number of nitriles is 1. The SMILES string of the molecule is CC.COC.N#CCC1(n2cc(C(N)=O)c(NC=O)n2)CCN(Cc2c(F)cc(-c3ccccc3)c(O)c2F)CC1F. The van der Waals surface area contributed by atoms with E-state index in [1.807, 2.05) is 19.9 Å². The number of piperidine rings is 1. The molecular weight excluding hydrogens is 553 g/mol. The van der Waals surface area contributed by atoms with Gasteiger partial charge < -0.3 is 20.9 Å². The summed E-state index contributed by atoms with van der Waals surface area (Å²) in [6, 6.07) is 11.3. The second-order valence-corrected chi connectivity index (χ2v) is 9.17. The molecule has 0 aliphatic carbocycles. The molecule has 4 rings (SSSR count). The smallest absolute Gasteiger partial charge is 0.254 e. The van der Waals surface area contributed by atoms with Crippen LogP contribution in [0, 0.1) is 23.0 Å². The average Bonchev–Trinajstić information content (AvgIpc) is 3.41. The van der Waals surface area contributed by atoms with E-state index in [4.69, 9.17) is 5.73 Å². The fraction of sp³-hybridized carbons (Fsp3) is 0.379. The summed E-state index contributed by atoms with van der Waals surface area (Å²) in [6.07, 6.45) is -0.605. The first kappa shape index (κ1) is 33.8. The van der Waals surface area contributed by atoms with Crippen LogP contribution in [0.2, 0.25) is 0 Å². The highest BCUT2D eigenvalue weighted by Crippen LogP contribution is 2.39. The second-order valence-electron chi connectivity index (χ2n) is 9.17. The van der Waals surface area contributed by atoms with Crippen molar-refractivity contribution in [3.05, 3.63) is 65.4 Å². The Morgan fingerprint density at radius 3 is 2.50 bits per heavy atom. The molecule has 1 fully saturated rings. The number of nitrogens with zero attached hydrogens (tertiary/aromatic N) is 4. The number of aromatic hydroxyl groups is 1. The first-order chi connectivity index (χ1) is 20.1. The van der Waals surface area contributed by atoms with E-state index in [1.54, 1.807) is 44.6 Å². The maximum atomic E-state index is 15.7. The number of carbonyl (C=O) groups is 2. The normalized spacial score (nSPS) is 18.0. The minimum atomic E-state index is -1.74. The zero-order valence-electron chi connectivity index (χ0n) is 23.9. The highest BCUT2D eigenvalue weighted by atomic mass is 19.1. The molecule has 2 heterocycles. The minimum Gasteiger partial charge on any atom is -0.504 e. The van der Waals surface area contributed by atoms with Crippen molar-refractivity contribution in [1.82, 2.24) is 14.7 Å². The minimum absolute atomic E-state index is 0.000539. The Morgan fingerprint density at radius 1 is 1.31 bits per heavy atom. The summed E-state index contributed by atoms with van der Waals surface area (Å²) in [5.74, 6) is -3.80. The number of nitrogens with two attached hydrogens (primary N) is 1. The Morgan fingerprint density at radius 2 is 1.95 bits per heavy atom. The summed E-state index contributed by atoms with van der Waals surface area (Å²) in [7, 11) is 3.25. The molecule has 13 heteroatoms. The molecule has 0 spiro atoms. The number of methoxy groups -OCH3 is 1. The molecule has 10 nitrogen and oxygen atoms in total. The summed E-state index contributed by atoms with van der Waals surface area (Å²) in [4.78, 5) is 24.1. The molecule has 2 unspecified atom stereocenters. The predicted molar refractivity (Wildman–Crippen MR) is 151 cm³/mol. The number of hydrogen-bond donors (Lipinski definition) is 3. The van der Waals surface area contributed by atoms with E-state index in [9.17, 15) is 24.3 Å². The number of likely N-dealkylation sites (tertiary alicyclic amines) is 1. The summed E-state index contributed by atoms with van der Waals surface area (Å²) >= 11 is 0. The van der Waals surface area contributed by atoms with Crippen molar-refractivity contribution in [3.8, 4) is 22.9 Å². The van der Waals surface area contributed by atoms with Crippen LogP contribution in [0.25, 0.3) is 11.1 Å². The number of hydrogen-bond acceptors (Lipinski definition) is 7. The van der Waals surface area contributed by atoms with E-state index in [0.717, 1.165) is 10.7 Å². The Labute approximate surface area is 242 Å². The lowest BCUT2D eigenvalue weighted by molar-refractivity contribution is -0.105. The highest BCUT2D eigenvalue weighted by Gasteiger charge is 2.47.